The van der Waals surface area contributed by atoms with Crippen LogP contribution in [0.15, 0.2) is 35.5 Å². The minimum absolute atomic E-state index is 0.194. The number of esters is 1. The van der Waals surface area contributed by atoms with Crippen molar-refractivity contribution in [2.45, 2.75) is 12.8 Å². The number of carbonyl (C=O) groups excluding carboxylic acids is 1. The average molecular weight is 283 g/mol. The van der Waals surface area contributed by atoms with E-state index in [0.29, 0.717) is 5.57 Å². The second kappa shape index (κ2) is 4.12. The summed E-state index contributed by atoms with van der Waals surface area (Å²) >= 11 is 0. The molecule has 1 unspecified atom stereocenters. The van der Waals surface area contributed by atoms with Gasteiger partial charge in [-0.3, -0.25) is 5.10 Å². The maximum Gasteiger partial charge on any atom is 0.337 e. The Morgan fingerprint density at radius 2 is 2.10 bits per heavy atom. The fraction of sp³-hybridized carbons (Fsp3) is 0.200. The highest BCUT2D eigenvalue weighted by Gasteiger charge is 2.40. The van der Waals surface area contributed by atoms with Gasteiger partial charge in [0.2, 0.25) is 0 Å². The molecule has 2 aliphatic rings. The van der Waals surface area contributed by atoms with E-state index in [0.717, 1.165) is 28.3 Å². The molecule has 0 saturated heterocycles. The van der Waals surface area contributed by atoms with Crippen molar-refractivity contribution in [3.05, 3.63) is 52.4 Å². The van der Waals surface area contributed by atoms with Crippen LogP contribution in [0.3, 0.4) is 0 Å². The number of benzene rings is 1. The van der Waals surface area contributed by atoms with Crippen LogP contribution in [0.1, 0.15) is 22.7 Å². The van der Waals surface area contributed by atoms with E-state index >= 15 is 0 Å². The molecule has 6 heteroatoms. The SMILES string of the molecule is Cc1[nH]nc2c1C(c1ccc(O)cc1)C1=C(COC1=O)N2. The van der Waals surface area contributed by atoms with Crippen LogP contribution >= 0.6 is 0 Å². The lowest BCUT2D eigenvalue weighted by Gasteiger charge is -2.24. The fourth-order valence-corrected chi connectivity index (χ4v) is 2.99. The molecule has 1 atom stereocenters. The molecule has 0 aliphatic carbocycles. The predicted octanol–water partition coefficient (Wildman–Crippen LogP) is 1.79. The van der Waals surface area contributed by atoms with Gasteiger partial charge >= 0.3 is 5.97 Å². The highest BCUT2D eigenvalue weighted by atomic mass is 16.5. The molecule has 0 fully saturated rings. The van der Waals surface area contributed by atoms with Gasteiger partial charge in [-0.2, -0.15) is 5.10 Å². The van der Waals surface area contributed by atoms with Gasteiger partial charge in [0.05, 0.1) is 11.3 Å². The van der Waals surface area contributed by atoms with E-state index in [9.17, 15) is 9.90 Å². The smallest absolute Gasteiger partial charge is 0.337 e. The van der Waals surface area contributed by atoms with Crippen LogP contribution in [0.4, 0.5) is 5.82 Å². The number of cyclic esters (lactones) is 1. The lowest BCUT2D eigenvalue weighted by Crippen LogP contribution is -2.19. The number of hydrogen-bond acceptors (Lipinski definition) is 5. The second-order valence-electron chi connectivity index (χ2n) is 5.23. The van der Waals surface area contributed by atoms with Crippen molar-refractivity contribution in [3.63, 3.8) is 0 Å². The molecule has 21 heavy (non-hydrogen) atoms. The molecule has 2 aliphatic heterocycles. The maximum absolute atomic E-state index is 12.1. The van der Waals surface area contributed by atoms with Crippen LogP contribution in [0.5, 0.6) is 5.75 Å². The van der Waals surface area contributed by atoms with Crippen molar-refractivity contribution in [1.82, 2.24) is 10.2 Å². The van der Waals surface area contributed by atoms with Gasteiger partial charge in [0.25, 0.3) is 0 Å². The number of anilines is 1. The molecule has 3 N–H and O–H groups in total. The molecule has 0 bridgehead atoms. The largest absolute Gasteiger partial charge is 0.508 e. The molecule has 4 rings (SSSR count). The van der Waals surface area contributed by atoms with Crippen LogP contribution in [0, 0.1) is 6.92 Å². The zero-order valence-corrected chi connectivity index (χ0v) is 11.3. The number of carbonyl (C=O) groups is 1. The topological polar surface area (TPSA) is 87.2 Å². The first-order valence-corrected chi connectivity index (χ1v) is 6.66. The maximum atomic E-state index is 12.1. The van der Waals surface area contributed by atoms with Crippen LogP contribution in [0.2, 0.25) is 0 Å². The minimum Gasteiger partial charge on any atom is -0.508 e. The number of hydrogen-bond donors (Lipinski definition) is 3. The van der Waals surface area contributed by atoms with E-state index in [4.69, 9.17) is 4.74 Å². The molecule has 106 valence electrons. The number of phenolic OH excluding ortho intramolecular Hbond substituents is 1. The first-order chi connectivity index (χ1) is 10.1. The molecule has 0 spiro atoms. The molecule has 6 nitrogen and oxygen atoms in total. The standard InChI is InChI=1S/C15H13N3O3/c1-7-11-12(8-2-4-9(19)5-3-8)13-10(6-21-15(13)20)16-14(11)18-17-7/h2-5,12,19H,6H2,1H3,(H2,16,17,18). The Bertz CT molecular complexity index is 774. The second-order valence-corrected chi connectivity index (χ2v) is 5.23. The number of nitrogens with zero attached hydrogens (tertiary/aromatic N) is 1. The van der Waals surface area contributed by atoms with Gasteiger partial charge in [-0.05, 0) is 24.6 Å². The van der Waals surface area contributed by atoms with Crippen molar-refractivity contribution >= 4 is 11.8 Å². The summed E-state index contributed by atoms with van der Waals surface area (Å²) in [6, 6.07) is 6.87. The van der Waals surface area contributed by atoms with Gasteiger partial charge in [0.15, 0.2) is 5.82 Å². The lowest BCUT2D eigenvalue weighted by molar-refractivity contribution is -0.136. The van der Waals surface area contributed by atoms with Gasteiger partial charge in [-0.15, -0.1) is 0 Å². The molecule has 0 amide bonds. The molecule has 1 aromatic heterocycles. The zero-order valence-electron chi connectivity index (χ0n) is 11.3. The Labute approximate surface area is 120 Å². The third-order valence-corrected chi connectivity index (χ3v) is 3.96. The quantitative estimate of drug-likeness (QED) is 0.695. The number of H-pyrrole nitrogens is 1. The Morgan fingerprint density at radius 3 is 2.86 bits per heavy atom. The Kier molecular flexibility index (Phi) is 2.35. The Balaban J connectivity index is 1.94. The van der Waals surface area contributed by atoms with Crippen molar-refractivity contribution in [1.29, 1.82) is 0 Å². The van der Waals surface area contributed by atoms with Gasteiger partial charge < -0.3 is 15.2 Å². The molecular formula is C15H13N3O3. The molecule has 2 aromatic rings. The van der Waals surface area contributed by atoms with Crippen LogP contribution in [0.25, 0.3) is 0 Å². The summed E-state index contributed by atoms with van der Waals surface area (Å²) in [5.41, 5.74) is 4.15. The van der Waals surface area contributed by atoms with Crippen molar-refractivity contribution in [3.8, 4) is 5.75 Å². The van der Waals surface area contributed by atoms with E-state index in [1.54, 1.807) is 12.1 Å². The molecular weight excluding hydrogens is 270 g/mol. The molecule has 0 radical (unpaired) electrons. The van der Waals surface area contributed by atoms with E-state index < -0.39 is 0 Å². The van der Waals surface area contributed by atoms with E-state index in [1.807, 2.05) is 19.1 Å². The highest BCUT2D eigenvalue weighted by Crippen LogP contribution is 2.44. The average Bonchev–Trinajstić information content (AvgIpc) is 3.03. The summed E-state index contributed by atoms with van der Waals surface area (Å²) in [7, 11) is 0. The van der Waals surface area contributed by atoms with Crippen LogP contribution in [-0.4, -0.2) is 27.9 Å². The van der Waals surface area contributed by atoms with Gasteiger partial charge in [0, 0.05) is 17.2 Å². The third-order valence-electron chi connectivity index (χ3n) is 3.96. The normalized spacial score (nSPS) is 19.9. The molecule has 0 saturated carbocycles. The Hall–Kier alpha value is -2.76. The summed E-state index contributed by atoms with van der Waals surface area (Å²) in [5.74, 6) is 0.384. The zero-order chi connectivity index (χ0) is 14.6. The summed E-state index contributed by atoms with van der Waals surface area (Å²) in [4.78, 5) is 12.1. The first kappa shape index (κ1) is 12.0. The van der Waals surface area contributed by atoms with E-state index in [-0.39, 0.29) is 24.2 Å². The fourth-order valence-electron chi connectivity index (χ4n) is 2.99. The number of phenols is 1. The Morgan fingerprint density at radius 1 is 1.33 bits per heavy atom. The molecule has 3 heterocycles. The summed E-state index contributed by atoms with van der Waals surface area (Å²) in [6.45, 7) is 2.17. The number of ether oxygens (including phenoxy) is 1. The minimum atomic E-state index is -0.304. The summed E-state index contributed by atoms with van der Waals surface area (Å²) in [6.07, 6.45) is 0. The number of rotatable bonds is 1. The lowest BCUT2D eigenvalue weighted by atomic mass is 9.82. The predicted molar refractivity (Wildman–Crippen MR) is 74.9 cm³/mol. The van der Waals surface area contributed by atoms with Crippen molar-refractivity contribution in [2.75, 3.05) is 11.9 Å². The number of aromatic amines is 1. The van der Waals surface area contributed by atoms with E-state index in [2.05, 4.69) is 15.5 Å². The van der Waals surface area contributed by atoms with Crippen molar-refractivity contribution < 1.29 is 14.6 Å². The van der Waals surface area contributed by atoms with Crippen molar-refractivity contribution in [2.24, 2.45) is 0 Å². The molecule has 1 aromatic carbocycles. The monoisotopic (exact) mass is 283 g/mol. The number of aromatic hydroxyl groups is 1. The van der Waals surface area contributed by atoms with Gasteiger partial charge in [-0.25, -0.2) is 4.79 Å². The number of nitrogens with one attached hydrogen (secondary N) is 2. The number of aromatic nitrogens is 2. The number of aryl methyl sites for hydroxylation is 1. The highest BCUT2D eigenvalue weighted by molar-refractivity contribution is 5.97. The summed E-state index contributed by atoms with van der Waals surface area (Å²) in [5, 5.41) is 19.8. The van der Waals surface area contributed by atoms with Crippen LogP contribution < -0.4 is 5.32 Å². The summed E-state index contributed by atoms with van der Waals surface area (Å²) < 4.78 is 5.15. The van der Waals surface area contributed by atoms with Gasteiger partial charge in [-0.1, -0.05) is 12.1 Å². The van der Waals surface area contributed by atoms with Gasteiger partial charge in [0.1, 0.15) is 12.4 Å². The van der Waals surface area contributed by atoms with Crippen LogP contribution in [-0.2, 0) is 9.53 Å². The third kappa shape index (κ3) is 1.65. The number of fused-ring (bicyclic) bond motifs is 1. The van der Waals surface area contributed by atoms with E-state index in [1.165, 1.54) is 0 Å². The first-order valence-electron chi connectivity index (χ1n) is 6.66.